The van der Waals surface area contributed by atoms with Gasteiger partial charge in [0.25, 0.3) is 5.91 Å². The number of imide groups is 1. The van der Waals surface area contributed by atoms with Crippen LogP contribution in [0, 0.1) is 18.3 Å². The van der Waals surface area contributed by atoms with Gasteiger partial charge >= 0.3 is 6.09 Å². The minimum atomic E-state index is -1.04. The zero-order valence-electron chi connectivity index (χ0n) is 19.3. The van der Waals surface area contributed by atoms with E-state index in [0.29, 0.717) is 5.75 Å². The maximum absolute atomic E-state index is 12.6. The number of hydrazone groups is 1. The van der Waals surface area contributed by atoms with Crippen molar-refractivity contribution in [3.63, 3.8) is 0 Å². The second kappa shape index (κ2) is 10.0. The normalized spacial score (nSPS) is 15.3. The lowest BCUT2D eigenvalue weighted by atomic mass is 9.65. The van der Waals surface area contributed by atoms with E-state index in [9.17, 15) is 14.4 Å². The van der Waals surface area contributed by atoms with Crippen LogP contribution >= 0.6 is 23.2 Å². The molecule has 0 radical (unpaired) electrons. The van der Waals surface area contributed by atoms with E-state index < -0.39 is 23.1 Å². The predicted molar refractivity (Wildman–Crippen MR) is 134 cm³/mol. The molecule has 0 atom stereocenters. The number of halogens is 2. The zero-order valence-corrected chi connectivity index (χ0v) is 20.8. The Kier molecular flexibility index (Phi) is 7.06. The van der Waals surface area contributed by atoms with Crippen molar-refractivity contribution in [2.75, 3.05) is 17.3 Å². The molecule has 12 heteroatoms. The molecule has 2 aromatic carbocycles. The zero-order chi connectivity index (χ0) is 26.0. The summed E-state index contributed by atoms with van der Waals surface area (Å²) >= 11 is 12.8. The lowest BCUT2D eigenvalue weighted by Gasteiger charge is -2.36. The molecule has 2 aliphatic rings. The Hall–Kier alpha value is -3.81. The number of aryl methyl sites for hydroxylation is 1. The second-order valence-corrected chi connectivity index (χ2v) is 9.10. The van der Waals surface area contributed by atoms with Crippen molar-refractivity contribution in [1.29, 1.82) is 5.26 Å². The molecule has 4 rings (SSSR count). The summed E-state index contributed by atoms with van der Waals surface area (Å²) in [6.45, 7) is 3.52. The Bertz CT molecular complexity index is 1320. The van der Waals surface area contributed by atoms with Crippen molar-refractivity contribution < 1.29 is 23.9 Å². The Morgan fingerprint density at radius 3 is 2.50 bits per heavy atom. The molecule has 0 bridgehead atoms. The van der Waals surface area contributed by atoms with Crippen LogP contribution < -0.4 is 20.8 Å². The molecule has 1 spiro atoms. The summed E-state index contributed by atoms with van der Waals surface area (Å²) < 4.78 is 10.6. The third kappa shape index (κ3) is 4.67. The quantitative estimate of drug-likeness (QED) is 0.351. The molecule has 1 saturated carbocycles. The first-order chi connectivity index (χ1) is 17.2. The van der Waals surface area contributed by atoms with Crippen LogP contribution in [0.4, 0.5) is 16.2 Å². The predicted octanol–water partition coefficient (Wildman–Crippen LogP) is 5.03. The number of fused-ring (bicyclic) bond motifs is 2. The molecule has 3 N–H and O–H groups in total. The molecule has 0 saturated heterocycles. The van der Waals surface area contributed by atoms with Crippen molar-refractivity contribution in [1.82, 2.24) is 5.32 Å². The van der Waals surface area contributed by atoms with Gasteiger partial charge < -0.3 is 14.8 Å². The minimum Gasteiger partial charge on any atom is -0.454 e. The molecule has 0 aromatic heterocycles. The van der Waals surface area contributed by atoms with Gasteiger partial charge in [0.15, 0.2) is 5.75 Å². The van der Waals surface area contributed by atoms with Crippen molar-refractivity contribution in [2.24, 2.45) is 5.10 Å². The summed E-state index contributed by atoms with van der Waals surface area (Å²) in [7, 11) is 0. The monoisotopic (exact) mass is 529 g/mol. The Morgan fingerprint density at radius 2 is 1.92 bits per heavy atom. The summed E-state index contributed by atoms with van der Waals surface area (Å²) in [5.41, 5.74) is 4.26. The number of carbonyl (C=O) groups excluding carboxylic acids is 3. The summed E-state index contributed by atoms with van der Waals surface area (Å²) in [5, 5.41) is 18.0. The first-order valence-corrected chi connectivity index (χ1v) is 11.8. The van der Waals surface area contributed by atoms with Crippen molar-refractivity contribution >= 4 is 58.2 Å². The fourth-order valence-electron chi connectivity index (χ4n) is 4.14. The third-order valence-corrected chi connectivity index (χ3v) is 6.59. The van der Waals surface area contributed by atoms with Crippen LogP contribution in [-0.2, 0) is 19.7 Å². The van der Waals surface area contributed by atoms with Gasteiger partial charge in [-0.15, -0.1) is 0 Å². The Labute approximate surface area is 216 Å². The SMILES string of the molecule is CCOC(=O)NC(=O)C(C#N)=NNc1cc(Cl)c(Oc2cc(C)c3c(c2)C2(CCC2)C(=O)N3)c(Cl)c1. The largest absolute Gasteiger partial charge is 0.454 e. The maximum atomic E-state index is 12.6. The van der Waals surface area contributed by atoms with Crippen LogP contribution in [0.15, 0.2) is 29.4 Å². The molecule has 2 aromatic rings. The first kappa shape index (κ1) is 25.3. The van der Waals surface area contributed by atoms with Gasteiger partial charge in [-0.05, 0) is 62.1 Å². The number of nitrogens with zero attached hydrogens (tertiary/aromatic N) is 2. The fourth-order valence-corrected chi connectivity index (χ4v) is 4.71. The Morgan fingerprint density at radius 1 is 1.22 bits per heavy atom. The molecule has 1 fully saturated rings. The van der Waals surface area contributed by atoms with Crippen LogP contribution in [0.3, 0.4) is 0 Å². The molecule has 0 unspecified atom stereocenters. The van der Waals surface area contributed by atoms with E-state index >= 15 is 0 Å². The number of ether oxygens (including phenoxy) is 2. The number of benzene rings is 2. The van der Waals surface area contributed by atoms with E-state index in [1.54, 1.807) is 19.1 Å². The van der Waals surface area contributed by atoms with Gasteiger partial charge in [-0.1, -0.05) is 29.6 Å². The highest BCUT2D eigenvalue weighted by Gasteiger charge is 2.51. The smallest absolute Gasteiger partial charge is 0.414 e. The van der Waals surface area contributed by atoms with Crippen LogP contribution in [0.25, 0.3) is 0 Å². The van der Waals surface area contributed by atoms with Crippen LogP contribution in [0.1, 0.15) is 37.3 Å². The summed E-state index contributed by atoms with van der Waals surface area (Å²) in [6, 6.07) is 8.11. The second-order valence-electron chi connectivity index (χ2n) is 8.28. The average Bonchev–Trinajstić information content (AvgIpc) is 3.09. The molecule has 1 aliphatic heterocycles. The van der Waals surface area contributed by atoms with Crippen LogP contribution in [0.2, 0.25) is 10.0 Å². The molecular formula is C24H21Cl2N5O5. The number of nitrogens with one attached hydrogen (secondary N) is 3. The van der Waals surface area contributed by atoms with E-state index in [4.69, 9.17) is 33.2 Å². The topological polar surface area (TPSA) is 142 Å². The van der Waals surface area contributed by atoms with Gasteiger partial charge in [-0.25, -0.2) is 4.79 Å². The number of hydrogen-bond donors (Lipinski definition) is 3. The van der Waals surface area contributed by atoms with E-state index in [-0.39, 0.29) is 34.0 Å². The van der Waals surface area contributed by atoms with Gasteiger partial charge in [0.05, 0.1) is 27.8 Å². The molecule has 186 valence electrons. The number of carbonyl (C=O) groups is 3. The number of rotatable bonds is 6. The van der Waals surface area contributed by atoms with Gasteiger partial charge in [0.1, 0.15) is 11.8 Å². The van der Waals surface area contributed by atoms with Crippen molar-refractivity contribution in [3.05, 3.63) is 45.4 Å². The van der Waals surface area contributed by atoms with E-state index in [2.05, 4.69) is 20.6 Å². The molecule has 3 amide bonds. The van der Waals surface area contributed by atoms with Gasteiger partial charge in [-0.3, -0.25) is 20.3 Å². The minimum absolute atomic E-state index is 0.0173. The number of nitriles is 1. The standard InChI is InChI=1S/C24H21Cl2N5O5/c1-3-35-23(34)29-21(32)18(11-27)31-30-13-8-16(25)20(17(26)9-13)36-14-7-12(2)19-15(10-14)24(5-4-6-24)22(33)28-19/h7-10,30H,3-6H2,1-2H3,(H,28,33)(H,29,32,34). The Balaban J connectivity index is 1.53. The van der Waals surface area contributed by atoms with E-state index in [1.165, 1.54) is 12.1 Å². The van der Waals surface area contributed by atoms with Crippen molar-refractivity contribution in [3.8, 4) is 17.6 Å². The number of amides is 3. The highest BCUT2D eigenvalue weighted by molar-refractivity contribution is 6.47. The lowest BCUT2D eigenvalue weighted by molar-refractivity contribution is -0.123. The van der Waals surface area contributed by atoms with Crippen LogP contribution in [0.5, 0.6) is 11.5 Å². The number of alkyl carbamates (subject to hydrolysis) is 1. The van der Waals surface area contributed by atoms with Gasteiger partial charge in [0.2, 0.25) is 11.6 Å². The molecule has 1 aliphatic carbocycles. The summed E-state index contributed by atoms with van der Waals surface area (Å²) in [5.74, 6) is -0.347. The molecule has 10 nitrogen and oxygen atoms in total. The molecule has 36 heavy (non-hydrogen) atoms. The number of anilines is 2. The third-order valence-electron chi connectivity index (χ3n) is 6.03. The van der Waals surface area contributed by atoms with Gasteiger partial charge in [0, 0.05) is 5.69 Å². The highest BCUT2D eigenvalue weighted by atomic mass is 35.5. The number of hydrogen-bond acceptors (Lipinski definition) is 8. The van der Waals surface area contributed by atoms with E-state index in [1.807, 2.05) is 18.3 Å². The molecule has 1 heterocycles. The average molecular weight is 530 g/mol. The van der Waals surface area contributed by atoms with E-state index in [0.717, 1.165) is 36.1 Å². The van der Waals surface area contributed by atoms with Crippen LogP contribution in [-0.4, -0.2) is 30.2 Å². The fraction of sp³-hybridized carbons (Fsp3) is 0.292. The molecular weight excluding hydrogens is 509 g/mol. The first-order valence-electron chi connectivity index (χ1n) is 11.0. The highest BCUT2D eigenvalue weighted by Crippen LogP contribution is 2.53. The lowest BCUT2D eigenvalue weighted by Crippen LogP contribution is -2.40. The maximum Gasteiger partial charge on any atom is 0.414 e. The van der Waals surface area contributed by atoms with Gasteiger partial charge in [-0.2, -0.15) is 10.4 Å². The summed E-state index contributed by atoms with van der Waals surface area (Å²) in [4.78, 5) is 35.9. The van der Waals surface area contributed by atoms with Crippen molar-refractivity contribution in [2.45, 2.75) is 38.5 Å². The summed E-state index contributed by atoms with van der Waals surface area (Å²) in [6.07, 6.45) is 1.58.